The van der Waals surface area contributed by atoms with E-state index in [4.69, 9.17) is 5.10 Å². The van der Waals surface area contributed by atoms with Gasteiger partial charge in [0.1, 0.15) is 11.3 Å². The van der Waals surface area contributed by atoms with Gasteiger partial charge in [0.05, 0.1) is 0 Å². The van der Waals surface area contributed by atoms with E-state index in [-0.39, 0.29) is 6.03 Å². The van der Waals surface area contributed by atoms with Crippen LogP contribution in [0.3, 0.4) is 0 Å². The molecule has 3 aromatic heterocycles. The maximum Gasteiger partial charge on any atom is 0.323 e. The van der Waals surface area contributed by atoms with Crippen LogP contribution in [0.2, 0.25) is 0 Å². The van der Waals surface area contributed by atoms with Crippen LogP contribution in [0.5, 0.6) is 0 Å². The number of pyridine rings is 1. The van der Waals surface area contributed by atoms with Crippen molar-refractivity contribution in [2.75, 3.05) is 24.7 Å². The maximum absolute atomic E-state index is 12.5. The van der Waals surface area contributed by atoms with Crippen molar-refractivity contribution in [3.63, 3.8) is 0 Å². The van der Waals surface area contributed by atoms with E-state index in [9.17, 15) is 4.79 Å². The summed E-state index contributed by atoms with van der Waals surface area (Å²) in [6.07, 6.45) is 3.93. The zero-order chi connectivity index (χ0) is 29.1. The second-order valence-electron chi connectivity index (χ2n) is 10.5. The number of para-hydroxylation sites is 1. The summed E-state index contributed by atoms with van der Waals surface area (Å²) in [6, 6.07) is 29.7. The van der Waals surface area contributed by atoms with Gasteiger partial charge in [0.25, 0.3) is 0 Å². The Bertz CT molecular complexity index is 1840. The number of urea groups is 1. The Morgan fingerprint density at radius 2 is 1.62 bits per heavy atom. The van der Waals surface area contributed by atoms with E-state index in [1.165, 1.54) is 5.56 Å². The molecule has 0 radical (unpaired) electrons. The van der Waals surface area contributed by atoms with Gasteiger partial charge < -0.3 is 20.5 Å². The zero-order valence-corrected chi connectivity index (χ0v) is 23.9. The van der Waals surface area contributed by atoms with Crippen LogP contribution in [-0.4, -0.2) is 44.8 Å². The molecule has 0 spiro atoms. The Balaban J connectivity index is 1.31. The van der Waals surface area contributed by atoms with Crippen molar-refractivity contribution in [3.8, 4) is 33.6 Å². The van der Waals surface area contributed by atoms with Gasteiger partial charge in [-0.15, -0.1) is 0 Å². The molecule has 0 aliphatic heterocycles. The number of hydrogen-bond donors (Lipinski definition) is 3. The fraction of sp³-hybridized carbons (Fsp3) is 0.147. The van der Waals surface area contributed by atoms with Crippen LogP contribution in [0, 0.1) is 0 Å². The summed E-state index contributed by atoms with van der Waals surface area (Å²) in [5.41, 5.74) is 9.60. The Morgan fingerprint density at radius 1 is 0.857 bits per heavy atom. The van der Waals surface area contributed by atoms with Crippen LogP contribution >= 0.6 is 0 Å². The topological polar surface area (TPSA) is 90.9 Å². The van der Waals surface area contributed by atoms with E-state index in [1.54, 1.807) is 0 Å². The highest BCUT2D eigenvalue weighted by Crippen LogP contribution is 2.37. The number of nitrogens with zero attached hydrogens (tertiary/aromatic N) is 4. The number of carbonyl (C=O) groups is 1. The standard InChI is InChI=1S/C34H33N7O/c1-4-41-22-30(32(39-41)24-13-15-27(16-14-24)37-34(42)36-26-11-6-5-7-12-26)28-17-18-35-33-29(28)20-31(38-33)25-10-8-9-23(19-25)21-40(2)3/h5-20,22H,4,21H2,1-3H3,(H,35,38)(H2,36,37,42). The summed E-state index contributed by atoms with van der Waals surface area (Å²) in [7, 11) is 4.15. The molecule has 0 saturated heterocycles. The number of benzene rings is 3. The number of aromatic nitrogens is 4. The first-order valence-electron chi connectivity index (χ1n) is 14.0. The quantitative estimate of drug-likeness (QED) is 0.182. The van der Waals surface area contributed by atoms with E-state index in [1.807, 2.05) is 71.5 Å². The monoisotopic (exact) mass is 555 g/mol. The Morgan fingerprint density at radius 3 is 2.36 bits per heavy atom. The molecule has 6 aromatic rings. The summed E-state index contributed by atoms with van der Waals surface area (Å²) in [6.45, 7) is 3.71. The molecule has 0 bridgehead atoms. The second-order valence-corrected chi connectivity index (χ2v) is 10.5. The molecule has 3 heterocycles. The Hall–Kier alpha value is -5.21. The number of anilines is 2. The minimum Gasteiger partial charge on any atom is -0.339 e. The van der Waals surface area contributed by atoms with Crippen molar-refractivity contribution in [3.05, 3.63) is 109 Å². The van der Waals surface area contributed by atoms with Crippen molar-refractivity contribution < 1.29 is 4.79 Å². The fourth-order valence-electron chi connectivity index (χ4n) is 5.14. The average molecular weight is 556 g/mol. The van der Waals surface area contributed by atoms with Crippen molar-refractivity contribution >= 4 is 28.4 Å². The third-order valence-corrected chi connectivity index (χ3v) is 7.09. The number of rotatable bonds is 8. The molecule has 0 aliphatic rings. The number of hydrogen-bond acceptors (Lipinski definition) is 4. The lowest BCUT2D eigenvalue weighted by Crippen LogP contribution is -2.19. The first-order chi connectivity index (χ1) is 20.5. The zero-order valence-electron chi connectivity index (χ0n) is 23.9. The fourth-order valence-corrected chi connectivity index (χ4v) is 5.14. The van der Waals surface area contributed by atoms with Gasteiger partial charge in [-0.05, 0) is 80.2 Å². The molecule has 2 amide bonds. The van der Waals surface area contributed by atoms with Crippen LogP contribution in [0.1, 0.15) is 12.5 Å². The maximum atomic E-state index is 12.5. The van der Waals surface area contributed by atoms with Gasteiger partial charge >= 0.3 is 6.03 Å². The number of amides is 2. The summed E-state index contributed by atoms with van der Waals surface area (Å²) >= 11 is 0. The van der Waals surface area contributed by atoms with Crippen molar-refractivity contribution in [2.24, 2.45) is 0 Å². The number of nitrogens with one attached hydrogen (secondary N) is 3. The van der Waals surface area contributed by atoms with E-state index in [0.717, 1.165) is 63.5 Å². The minimum atomic E-state index is -0.292. The lowest BCUT2D eigenvalue weighted by atomic mass is 9.99. The third kappa shape index (κ3) is 5.80. The van der Waals surface area contributed by atoms with E-state index < -0.39 is 0 Å². The number of carbonyl (C=O) groups excluding carboxylic acids is 1. The highest BCUT2D eigenvalue weighted by Gasteiger charge is 2.17. The van der Waals surface area contributed by atoms with Crippen LogP contribution in [-0.2, 0) is 13.1 Å². The summed E-state index contributed by atoms with van der Waals surface area (Å²) in [4.78, 5) is 22.8. The molecule has 0 unspecified atom stereocenters. The Labute approximate surface area is 245 Å². The van der Waals surface area contributed by atoms with Crippen LogP contribution in [0.25, 0.3) is 44.7 Å². The molecular weight excluding hydrogens is 522 g/mol. The molecule has 0 fully saturated rings. The normalized spacial score (nSPS) is 11.2. The highest BCUT2D eigenvalue weighted by atomic mass is 16.2. The van der Waals surface area contributed by atoms with Gasteiger partial charge in [0, 0.05) is 59.1 Å². The third-order valence-electron chi connectivity index (χ3n) is 7.09. The Kier molecular flexibility index (Phi) is 7.53. The van der Waals surface area contributed by atoms with Gasteiger partial charge in [-0.25, -0.2) is 9.78 Å². The number of aromatic amines is 1. The van der Waals surface area contributed by atoms with Crippen LogP contribution in [0.15, 0.2) is 103 Å². The number of aryl methyl sites for hydroxylation is 1. The molecule has 0 aliphatic carbocycles. The minimum absolute atomic E-state index is 0.292. The van der Waals surface area contributed by atoms with E-state index >= 15 is 0 Å². The molecular formula is C34H33N7O. The first kappa shape index (κ1) is 27.0. The molecule has 6 rings (SSSR count). The van der Waals surface area contributed by atoms with Gasteiger partial charge in [-0.2, -0.15) is 5.10 Å². The highest BCUT2D eigenvalue weighted by molar-refractivity contribution is 6.01. The first-order valence-corrected chi connectivity index (χ1v) is 14.0. The van der Waals surface area contributed by atoms with Crippen molar-refractivity contribution in [2.45, 2.75) is 20.0 Å². The molecule has 42 heavy (non-hydrogen) atoms. The smallest absolute Gasteiger partial charge is 0.323 e. The predicted octanol–water partition coefficient (Wildman–Crippen LogP) is 7.49. The number of H-pyrrole nitrogens is 1. The molecule has 0 saturated carbocycles. The molecule has 3 N–H and O–H groups in total. The molecule has 8 nitrogen and oxygen atoms in total. The molecule has 210 valence electrons. The average Bonchev–Trinajstić information content (AvgIpc) is 3.63. The van der Waals surface area contributed by atoms with Gasteiger partial charge in [-0.1, -0.05) is 48.5 Å². The van der Waals surface area contributed by atoms with Crippen LogP contribution in [0.4, 0.5) is 16.2 Å². The number of fused-ring (bicyclic) bond motifs is 1. The van der Waals surface area contributed by atoms with Gasteiger partial charge in [0.2, 0.25) is 0 Å². The largest absolute Gasteiger partial charge is 0.339 e. The van der Waals surface area contributed by atoms with Gasteiger partial charge in [0.15, 0.2) is 0 Å². The van der Waals surface area contributed by atoms with Crippen LogP contribution < -0.4 is 10.6 Å². The molecule has 0 atom stereocenters. The summed E-state index contributed by atoms with van der Waals surface area (Å²) in [5.74, 6) is 0. The van der Waals surface area contributed by atoms with E-state index in [0.29, 0.717) is 5.69 Å². The van der Waals surface area contributed by atoms with Crippen molar-refractivity contribution in [1.82, 2.24) is 24.6 Å². The van der Waals surface area contributed by atoms with Gasteiger partial charge in [-0.3, -0.25) is 4.68 Å². The SMILES string of the molecule is CCn1cc(-c2ccnc3[nH]c(-c4cccc(CN(C)C)c4)cc23)c(-c2ccc(NC(=O)Nc3ccccc3)cc2)n1. The molecule has 3 aromatic carbocycles. The lowest BCUT2D eigenvalue weighted by Gasteiger charge is -2.10. The predicted molar refractivity (Wildman–Crippen MR) is 170 cm³/mol. The second kappa shape index (κ2) is 11.7. The van der Waals surface area contributed by atoms with E-state index in [2.05, 4.69) is 83.0 Å². The van der Waals surface area contributed by atoms with Crippen molar-refractivity contribution in [1.29, 1.82) is 0 Å². The summed E-state index contributed by atoms with van der Waals surface area (Å²) < 4.78 is 1.95. The molecule has 8 heteroatoms. The lowest BCUT2D eigenvalue weighted by molar-refractivity contribution is 0.262. The summed E-state index contributed by atoms with van der Waals surface area (Å²) in [5, 5.41) is 11.7.